The summed E-state index contributed by atoms with van der Waals surface area (Å²) >= 11 is 1.30. The highest BCUT2D eigenvalue weighted by Gasteiger charge is 2.24. The summed E-state index contributed by atoms with van der Waals surface area (Å²) in [4.78, 5) is 31.0. The maximum atomic E-state index is 12.5. The predicted octanol–water partition coefficient (Wildman–Crippen LogP) is 0.841. The van der Waals surface area contributed by atoms with Crippen LogP contribution in [0.5, 0.6) is 0 Å². The van der Waals surface area contributed by atoms with E-state index in [9.17, 15) is 9.59 Å². The SMILES string of the molecule is Nc1c(C(=O)N2CCNC(=O)CC2)sc2ncccc12. The van der Waals surface area contributed by atoms with E-state index in [0.29, 0.717) is 36.6 Å². The fourth-order valence-corrected chi connectivity index (χ4v) is 3.25. The van der Waals surface area contributed by atoms with Crippen molar-refractivity contribution in [1.82, 2.24) is 15.2 Å². The number of hydrogen-bond donors (Lipinski definition) is 2. The molecule has 104 valence electrons. The minimum Gasteiger partial charge on any atom is -0.397 e. The molecular formula is C13H14N4O2S. The van der Waals surface area contributed by atoms with Gasteiger partial charge in [0.15, 0.2) is 0 Å². The summed E-state index contributed by atoms with van der Waals surface area (Å²) < 4.78 is 0. The van der Waals surface area contributed by atoms with Crippen LogP contribution in [0.2, 0.25) is 0 Å². The Kier molecular flexibility index (Phi) is 3.27. The van der Waals surface area contributed by atoms with Crippen LogP contribution in [-0.2, 0) is 4.79 Å². The Labute approximate surface area is 119 Å². The van der Waals surface area contributed by atoms with Crippen molar-refractivity contribution in [2.45, 2.75) is 6.42 Å². The van der Waals surface area contributed by atoms with Crippen LogP contribution in [0.3, 0.4) is 0 Å². The minimum absolute atomic E-state index is 0.0220. The number of carbonyl (C=O) groups excluding carboxylic acids is 2. The van der Waals surface area contributed by atoms with Gasteiger partial charge in [-0.1, -0.05) is 0 Å². The molecule has 0 spiro atoms. The van der Waals surface area contributed by atoms with E-state index >= 15 is 0 Å². The third-order valence-corrected chi connectivity index (χ3v) is 4.42. The molecule has 20 heavy (non-hydrogen) atoms. The molecule has 2 amide bonds. The number of fused-ring (bicyclic) bond motifs is 1. The number of nitrogens with two attached hydrogens (primary N) is 1. The summed E-state index contributed by atoms with van der Waals surface area (Å²) in [7, 11) is 0. The molecule has 1 saturated heterocycles. The molecule has 2 aromatic heterocycles. The minimum atomic E-state index is -0.123. The average molecular weight is 290 g/mol. The quantitative estimate of drug-likeness (QED) is 0.814. The van der Waals surface area contributed by atoms with Crippen LogP contribution in [0.25, 0.3) is 10.2 Å². The van der Waals surface area contributed by atoms with Gasteiger partial charge in [0.1, 0.15) is 9.71 Å². The van der Waals surface area contributed by atoms with Crippen molar-refractivity contribution < 1.29 is 9.59 Å². The Balaban J connectivity index is 1.92. The monoisotopic (exact) mass is 290 g/mol. The van der Waals surface area contributed by atoms with Gasteiger partial charge in [-0.3, -0.25) is 9.59 Å². The van der Waals surface area contributed by atoms with Crippen LogP contribution in [0.4, 0.5) is 5.69 Å². The lowest BCUT2D eigenvalue weighted by Gasteiger charge is -2.18. The molecule has 1 aliphatic rings. The third kappa shape index (κ3) is 2.20. The smallest absolute Gasteiger partial charge is 0.266 e. The first kappa shape index (κ1) is 12.9. The van der Waals surface area contributed by atoms with Crippen LogP contribution in [-0.4, -0.2) is 41.3 Å². The number of carbonyl (C=O) groups is 2. The van der Waals surface area contributed by atoms with Gasteiger partial charge in [-0.2, -0.15) is 0 Å². The van der Waals surface area contributed by atoms with E-state index in [4.69, 9.17) is 5.73 Å². The molecule has 0 bridgehead atoms. The molecule has 0 aliphatic carbocycles. The van der Waals surface area contributed by atoms with Gasteiger partial charge < -0.3 is 16.0 Å². The number of pyridine rings is 1. The Bertz CT molecular complexity index is 682. The second-order valence-electron chi connectivity index (χ2n) is 4.59. The zero-order valence-corrected chi connectivity index (χ0v) is 11.6. The van der Waals surface area contributed by atoms with E-state index in [-0.39, 0.29) is 11.8 Å². The van der Waals surface area contributed by atoms with Crippen molar-refractivity contribution in [3.8, 4) is 0 Å². The highest BCUT2D eigenvalue weighted by Crippen LogP contribution is 2.32. The lowest BCUT2D eigenvalue weighted by Crippen LogP contribution is -2.34. The van der Waals surface area contributed by atoms with Gasteiger partial charge in [-0.15, -0.1) is 11.3 Å². The fourth-order valence-electron chi connectivity index (χ4n) is 2.22. The zero-order valence-electron chi connectivity index (χ0n) is 10.8. The van der Waals surface area contributed by atoms with Gasteiger partial charge in [0.25, 0.3) is 5.91 Å². The number of aromatic nitrogens is 1. The van der Waals surface area contributed by atoms with E-state index in [1.807, 2.05) is 6.07 Å². The molecule has 6 nitrogen and oxygen atoms in total. The van der Waals surface area contributed by atoms with Crippen LogP contribution in [0.15, 0.2) is 18.3 Å². The van der Waals surface area contributed by atoms with E-state index in [1.165, 1.54) is 11.3 Å². The van der Waals surface area contributed by atoms with Crippen molar-refractivity contribution >= 4 is 39.1 Å². The summed E-state index contributed by atoms with van der Waals surface area (Å²) in [5.74, 6) is -0.145. The molecule has 7 heteroatoms. The van der Waals surface area contributed by atoms with E-state index in [0.717, 1.165) is 10.2 Å². The highest BCUT2D eigenvalue weighted by atomic mass is 32.1. The Morgan fingerprint density at radius 2 is 2.30 bits per heavy atom. The number of rotatable bonds is 1. The topological polar surface area (TPSA) is 88.3 Å². The molecule has 0 aromatic carbocycles. The van der Waals surface area contributed by atoms with Crippen LogP contribution < -0.4 is 11.1 Å². The standard InChI is InChI=1S/C13H14N4O2S/c14-10-8-2-1-4-16-12(8)20-11(10)13(19)17-6-3-9(18)15-5-7-17/h1-2,4H,3,5-7,14H2,(H,15,18). The number of nitrogen functional groups attached to an aromatic ring is 1. The number of anilines is 1. The molecule has 0 unspecified atom stereocenters. The first-order valence-electron chi connectivity index (χ1n) is 6.36. The summed E-state index contributed by atoms with van der Waals surface area (Å²) in [6, 6.07) is 3.66. The van der Waals surface area contributed by atoms with Gasteiger partial charge in [0, 0.05) is 37.6 Å². The molecule has 1 aliphatic heterocycles. The first-order chi connectivity index (χ1) is 9.66. The van der Waals surface area contributed by atoms with E-state index < -0.39 is 0 Å². The van der Waals surface area contributed by atoms with E-state index in [2.05, 4.69) is 10.3 Å². The molecule has 1 fully saturated rings. The van der Waals surface area contributed by atoms with Gasteiger partial charge in [0.05, 0.1) is 5.69 Å². The number of thiophene rings is 1. The summed E-state index contributed by atoms with van der Waals surface area (Å²) in [6.07, 6.45) is 2.01. The highest BCUT2D eigenvalue weighted by molar-refractivity contribution is 7.21. The van der Waals surface area contributed by atoms with Crippen molar-refractivity contribution in [3.05, 3.63) is 23.2 Å². The normalized spacial score (nSPS) is 16.0. The second kappa shape index (κ2) is 5.09. The van der Waals surface area contributed by atoms with Crippen molar-refractivity contribution in [3.63, 3.8) is 0 Å². The largest absolute Gasteiger partial charge is 0.397 e. The number of nitrogens with zero attached hydrogens (tertiary/aromatic N) is 2. The Morgan fingerprint density at radius 3 is 3.10 bits per heavy atom. The third-order valence-electron chi connectivity index (χ3n) is 3.30. The Morgan fingerprint density at radius 1 is 1.45 bits per heavy atom. The van der Waals surface area contributed by atoms with Crippen LogP contribution in [0.1, 0.15) is 16.1 Å². The Hall–Kier alpha value is -2.15. The number of amides is 2. The lowest BCUT2D eigenvalue weighted by atomic mass is 10.2. The summed E-state index contributed by atoms with van der Waals surface area (Å²) in [5.41, 5.74) is 6.53. The lowest BCUT2D eigenvalue weighted by molar-refractivity contribution is -0.120. The molecule has 3 rings (SSSR count). The molecular weight excluding hydrogens is 276 g/mol. The number of nitrogens with one attached hydrogen (secondary N) is 1. The maximum absolute atomic E-state index is 12.5. The van der Waals surface area contributed by atoms with Gasteiger partial charge in [-0.05, 0) is 12.1 Å². The van der Waals surface area contributed by atoms with E-state index in [1.54, 1.807) is 17.2 Å². The average Bonchev–Trinajstić information content (AvgIpc) is 2.64. The predicted molar refractivity (Wildman–Crippen MR) is 77.6 cm³/mol. The second-order valence-corrected chi connectivity index (χ2v) is 5.59. The maximum Gasteiger partial charge on any atom is 0.266 e. The molecule has 2 aromatic rings. The van der Waals surface area contributed by atoms with Crippen LogP contribution >= 0.6 is 11.3 Å². The van der Waals surface area contributed by atoms with Gasteiger partial charge in [-0.25, -0.2) is 4.98 Å². The summed E-state index contributed by atoms with van der Waals surface area (Å²) in [6.45, 7) is 1.41. The van der Waals surface area contributed by atoms with Crippen molar-refractivity contribution in [2.24, 2.45) is 0 Å². The van der Waals surface area contributed by atoms with Crippen LogP contribution in [0, 0.1) is 0 Å². The molecule has 0 radical (unpaired) electrons. The van der Waals surface area contributed by atoms with Crippen molar-refractivity contribution in [2.75, 3.05) is 25.4 Å². The molecule has 0 saturated carbocycles. The fraction of sp³-hybridized carbons (Fsp3) is 0.308. The number of hydrogen-bond acceptors (Lipinski definition) is 5. The zero-order chi connectivity index (χ0) is 14.1. The first-order valence-corrected chi connectivity index (χ1v) is 7.17. The molecule has 3 N–H and O–H groups in total. The van der Waals surface area contributed by atoms with Crippen molar-refractivity contribution in [1.29, 1.82) is 0 Å². The summed E-state index contributed by atoms with van der Waals surface area (Å²) in [5, 5.41) is 3.56. The van der Waals surface area contributed by atoms with Gasteiger partial charge in [0.2, 0.25) is 5.91 Å². The molecule has 3 heterocycles. The molecule has 0 atom stereocenters. The van der Waals surface area contributed by atoms with Gasteiger partial charge >= 0.3 is 0 Å².